The molecule has 4 nitrogen and oxygen atoms in total. The predicted octanol–water partition coefficient (Wildman–Crippen LogP) is 4.29. The van der Waals surface area contributed by atoms with E-state index < -0.39 is 5.97 Å². The lowest BCUT2D eigenvalue weighted by Crippen LogP contribution is -2.12. The fraction of sp³-hybridized carbons (Fsp3) is 0.0526. The molecule has 1 heterocycles. The molecule has 3 aromatic rings. The maximum absolute atomic E-state index is 12.8. The molecule has 1 amide bonds. The van der Waals surface area contributed by atoms with Crippen LogP contribution in [0.15, 0.2) is 66.0 Å². The summed E-state index contributed by atoms with van der Waals surface area (Å²) in [5.74, 6) is -0.600. The molecule has 0 saturated carbocycles. The molecule has 2 aromatic carbocycles. The fourth-order valence-electron chi connectivity index (χ4n) is 2.14. The number of nitrogens with one attached hydrogen (secondary N) is 1. The number of carbonyl (C=O) groups is 2. The van der Waals surface area contributed by atoms with Gasteiger partial charge in [-0.05, 0) is 53.4 Å². The molecule has 0 spiro atoms. The first-order valence-corrected chi connectivity index (χ1v) is 8.38. The molecular formula is C19H14FNO3S. The molecule has 6 heteroatoms. The molecule has 1 N–H and O–H groups in total. The van der Waals surface area contributed by atoms with Crippen LogP contribution in [-0.2, 0) is 11.2 Å². The molecule has 3 rings (SSSR count). The summed E-state index contributed by atoms with van der Waals surface area (Å²) in [6.07, 6.45) is 0.0527. The Balaban J connectivity index is 1.56. The quantitative estimate of drug-likeness (QED) is 0.549. The van der Waals surface area contributed by atoms with Gasteiger partial charge in [-0.25, -0.2) is 4.39 Å². The van der Waals surface area contributed by atoms with Crippen LogP contribution in [-0.4, -0.2) is 11.9 Å². The minimum absolute atomic E-state index is 0.0527. The van der Waals surface area contributed by atoms with Crippen LogP contribution < -0.4 is 10.1 Å². The van der Waals surface area contributed by atoms with Crippen molar-refractivity contribution >= 4 is 28.9 Å². The van der Waals surface area contributed by atoms with Crippen molar-refractivity contribution < 1.29 is 18.7 Å². The number of benzene rings is 2. The third-order valence-corrected chi connectivity index (χ3v) is 4.22. The molecule has 126 valence electrons. The molecule has 0 radical (unpaired) electrons. The molecule has 1 aromatic heterocycles. The van der Waals surface area contributed by atoms with Crippen LogP contribution in [0.1, 0.15) is 15.2 Å². The second-order valence-corrected chi connectivity index (χ2v) is 6.18. The monoisotopic (exact) mass is 355 g/mol. The van der Waals surface area contributed by atoms with Gasteiger partial charge in [0.1, 0.15) is 11.6 Å². The lowest BCUT2D eigenvalue weighted by Gasteiger charge is -2.07. The van der Waals surface area contributed by atoms with Gasteiger partial charge in [-0.15, -0.1) is 11.3 Å². The Morgan fingerprint density at radius 2 is 1.72 bits per heavy atom. The minimum Gasteiger partial charge on any atom is -0.426 e. The Kier molecular flexibility index (Phi) is 5.20. The maximum Gasteiger partial charge on any atom is 0.315 e. The zero-order chi connectivity index (χ0) is 17.6. The number of amides is 1. The molecule has 25 heavy (non-hydrogen) atoms. The van der Waals surface area contributed by atoms with Gasteiger partial charge in [-0.1, -0.05) is 18.2 Å². The van der Waals surface area contributed by atoms with Crippen LogP contribution in [0.25, 0.3) is 0 Å². The van der Waals surface area contributed by atoms with Gasteiger partial charge < -0.3 is 10.1 Å². The number of ether oxygens (including phenoxy) is 1. The first kappa shape index (κ1) is 16.9. The highest BCUT2D eigenvalue weighted by Gasteiger charge is 2.09. The maximum atomic E-state index is 12.8. The highest BCUT2D eigenvalue weighted by molar-refractivity contribution is 7.12. The van der Waals surface area contributed by atoms with Crippen molar-refractivity contribution in [2.75, 3.05) is 5.32 Å². The van der Waals surface area contributed by atoms with Gasteiger partial charge >= 0.3 is 5.97 Å². The molecule has 0 bridgehead atoms. The van der Waals surface area contributed by atoms with Gasteiger partial charge in [-0.3, -0.25) is 9.59 Å². The van der Waals surface area contributed by atoms with Crippen molar-refractivity contribution in [2.24, 2.45) is 0 Å². The summed E-state index contributed by atoms with van der Waals surface area (Å²) in [7, 11) is 0. The van der Waals surface area contributed by atoms with Gasteiger partial charge in [0.25, 0.3) is 5.91 Å². The van der Waals surface area contributed by atoms with E-state index in [-0.39, 0.29) is 18.1 Å². The number of hydrogen-bond donors (Lipinski definition) is 1. The number of hydrogen-bond acceptors (Lipinski definition) is 4. The summed E-state index contributed by atoms with van der Waals surface area (Å²) >= 11 is 1.36. The summed E-state index contributed by atoms with van der Waals surface area (Å²) in [5, 5.41) is 4.60. The van der Waals surface area contributed by atoms with Crippen LogP contribution >= 0.6 is 11.3 Å². The summed E-state index contributed by atoms with van der Waals surface area (Å²) < 4.78 is 18.1. The Morgan fingerprint density at radius 3 is 2.36 bits per heavy atom. The lowest BCUT2D eigenvalue weighted by atomic mass is 10.1. The van der Waals surface area contributed by atoms with E-state index in [0.29, 0.717) is 21.9 Å². The first-order chi connectivity index (χ1) is 12.1. The summed E-state index contributed by atoms with van der Waals surface area (Å²) in [6.45, 7) is 0. The van der Waals surface area contributed by atoms with Gasteiger partial charge in [-0.2, -0.15) is 0 Å². The molecule has 0 atom stereocenters. The Hall–Kier alpha value is -2.99. The second kappa shape index (κ2) is 7.72. The summed E-state index contributed by atoms with van der Waals surface area (Å²) in [5.41, 5.74) is 1.28. The zero-order valence-electron chi connectivity index (χ0n) is 13.1. The smallest absolute Gasteiger partial charge is 0.315 e. The van der Waals surface area contributed by atoms with E-state index in [1.165, 1.54) is 23.5 Å². The van der Waals surface area contributed by atoms with Crippen molar-refractivity contribution in [1.82, 2.24) is 0 Å². The summed E-state index contributed by atoms with van der Waals surface area (Å²) in [6, 6.07) is 15.8. The molecule has 0 aliphatic carbocycles. The Bertz CT molecular complexity index is 859. The van der Waals surface area contributed by atoms with Gasteiger partial charge in [0.2, 0.25) is 0 Å². The Labute approximate surface area is 147 Å². The number of esters is 1. The van der Waals surface area contributed by atoms with Crippen LogP contribution in [0.3, 0.4) is 0 Å². The Morgan fingerprint density at radius 1 is 1.00 bits per heavy atom. The lowest BCUT2D eigenvalue weighted by molar-refractivity contribution is -0.133. The molecule has 0 unspecified atom stereocenters. The number of thiophene rings is 1. The molecule has 0 aliphatic rings. The van der Waals surface area contributed by atoms with Crippen molar-refractivity contribution in [3.63, 3.8) is 0 Å². The third-order valence-electron chi connectivity index (χ3n) is 3.35. The van der Waals surface area contributed by atoms with E-state index in [0.717, 1.165) is 0 Å². The van der Waals surface area contributed by atoms with Crippen molar-refractivity contribution in [1.29, 1.82) is 0 Å². The standard InChI is InChI=1S/C19H14FNO3S/c20-14-5-3-13(4-6-14)12-18(22)24-16-9-7-15(8-10-16)21-19(23)17-2-1-11-25-17/h1-11H,12H2,(H,21,23). The first-order valence-electron chi connectivity index (χ1n) is 7.50. The van der Waals surface area contributed by atoms with Gasteiger partial charge in [0, 0.05) is 5.69 Å². The van der Waals surface area contributed by atoms with E-state index in [1.54, 1.807) is 42.5 Å². The van der Waals surface area contributed by atoms with Crippen LogP contribution in [0.4, 0.5) is 10.1 Å². The van der Waals surface area contributed by atoms with Gasteiger partial charge in [0.15, 0.2) is 0 Å². The average Bonchev–Trinajstić information content (AvgIpc) is 3.13. The van der Waals surface area contributed by atoms with Crippen molar-refractivity contribution in [3.8, 4) is 5.75 Å². The molecular weight excluding hydrogens is 341 g/mol. The van der Waals surface area contributed by atoms with E-state index >= 15 is 0 Å². The predicted molar refractivity (Wildman–Crippen MR) is 94.5 cm³/mol. The van der Waals surface area contributed by atoms with E-state index in [4.69, 9.17) is 4.74 Å². The molecule has 0 saturated heterocycles. The fourth-order valence-corrected chi connectivity index (χ4v) is 2.76. The van der Waals surface area contributed by atoms with Crippen LogP contribution in [0, 0.1) is 5.82 Å². The van der Waals surface area contributed by atoms with E-state index in [9.17, 15) is 14.0 Å². The third kappa shape index (κ3) is 4.74. The van der Waals surface area contributed by atoms with E-state index in [2.05, 4.69) is 5.32 Å². The molecule has 0 fully saturated rings. The van der Waals surface area contributed by atoms with Crippen molar-refractivity contribution in [2.45, 2.75) is 6.42 Å². The minimum atomic E-state index is -0.443. The number of rotatable bonds is 5. The highest BCUT2D eigenvalue weighted by Crippen LogP contribution is 2.18. The highest BCUT2D eigenvalue weighted by atomic mass is 32.1. The zero-order valence-corrected chi connectivity index (χ0v) is 13.9. The van der Waals surface area contributed by atoms with Crippen LogP contribution in [0.2, 0.25) is 0 Å². The number of carbonyl (C=O) groups excluding carboxylic acids is 2. The average molecular weight is 355 g/mol. The van der Waals surface area contributed by atoms with Crippen molar-refractivity contribution in [3.05, 3.63) is 82.3 Å². The largest absolute Gasteiger partial charge is 0.426 e. The van der Waals surface area contributed by atoms with Crippen LogP contribution in [0.5, 0.6) is 5.75 Å². The number of anilines is 1. The SMILES string of the molecule is O=C(Cc1ccc(F)cc1)Oc1ccc(NC(=O)c2cccs2)cc1. The van der Waals surface area contributed by atoms with E-state index in [1.807, 2.05) is 11.4 Å². The second-order valence-electron chi connectivity index (χ2n) is 5.23. The number of halogens is 1. The summed E-state index contributed by atoms with van der Waals surface area (Å²) in [4.78, 5) is 24.5. The topological polar surface area (TPSA) is 55.4 Å². The normalized spacial score (nSPS) is 10.3. The van der Waals surface area contributed by atoms with Gasteiger partial charge in [0.05, 0.1) is 11.3 Å². The molecule has 0 aliphatic heterocycles.